The van der Waals surface area contributed by atoms with Gasteiger partial charge in [-0.1, -0.05) is 230 Å². The summed E-state index contributed by atoms with van der Waals surface area (Å²) in [6.07, 6.45) is 11.6. The van der Waals surface area contributed by atoms with Crippen LogP contribution >= 0.6 is 0 Å². The second kappa shape index (κ2) is 35.1. The third kappa shape index (κ3) is 19.7. The molecule has 0 spiro atoms. The minimum absolute atomic E-state index is 0.00573. The summed E-state index contributed by atoms with van der Waals surface area (Å²) in [5.41, 5.74) is 4.72. The highest BCUT2D eigenvalue weighted by molar-refractivity contribution is 7.07. The SMILES string of the molecule is CCCCCCCCCC[C@H](C)[C@H]1OC(=O)[C@@H](OCc2ccc(OC)cc2)[C@H](OCc2ccc(OC)cc2)[C@@H](COCc2ccc(OC)cc2)OC(=O)/C(C)=C/[C@@H](C)[C@@H](O[Si](c2ccccc2)(c2ccccc2)c2ccccc2)/C(C)=C/C(C)=C/[C@@H]1C. The molecule has 0 N–H and O–H groups in total. The van der Waals surface area contributed by atoms with Crippen LogP contribution in [0.5, 0.6) is 17.2 Å². The average Bonchev–Trinajstić information content (AvgIpc) is 1.55. The maximum absolute atomic E-state index is 15.8. The maximum atomic E-state index is 15.8. The molecule has 0 saturated carbocycles. The number of unbranched alkanes of at least 4 members (excludes halogenated alkanes) is 7. The van der Waals surface area contributed by atoms with Gasteiger partial charge in [0.2, 0.25) is 0 Å². The predicted molar refractivity (Wildman–Crippen MR) is 350 cm³/mol. The summed E-state index contributed by atoms with van der Waals surface area (Å²) in [6, 6.07) is 54.2. The van der Waals surface area contributed by atoms with E-state index in [0.717, 1.165) is 69.1 Å². The first-order chi connectivity index (χ1) is 42.3. The number of carbonyl (C=O) groups excluding carboxylic acids is 2. The molecule has 6 aromatic carbocycles. The van der Waals surface area contributed by atoms with E-state index >= 15 is 9.59 Å². The van der Waals surface area contributed by atoms with Gasteiger partial charge in [0.1, 0.15) is 29.5 Å². The molecule has 1 aliphatic heterocycles. The van der Waals surface area contributed by atoms with E-state index in [-0.39, 0.29) is 44.2 Å². The number of methoxy groups -OCH3 is 3. The quantitative estimate of drug-likeness (QED) is 0.0202. The number of carbonyl (C=O) groups is 2. The molecule has 8 atom stereocenters. The molecule has 0 aliphatic carbocycles. The summed E-state index contributed by atoms with van der Waals surface area (Å²) < 4.78 is 58.6. The van der Waals surface area contributed by atoms with Crippen molar-refractivity contribution in [3.05, 3.63) is 215 Å². The van der Waals surface area contributed by atoms with Crippen LogP contribution in [0.3, 0.4) is 0 Å². The molecule has 0 saturated heterocycles. The summed E-state index contributed by atoms with van der Waals surface area (Å²) >= 11 is 0. The second-order valence-electron chi connectivity index (χ2n) is 23.3. The molecule has 0 aromatic heterocycles. The van der Waals surface area contributed by atoms with Crippen LogP contribution in [0.2, 0.25) is 0 Å². The molecular formula is C75H94O11Si. The third-order valence-electron chi connectivity index (χ3n) is 16.5. The second-order valence-corrected chi connectivity index (χ2v) is 26.7. The van der Waals surface area contributed by atoms with Gasteiger partial charge in [-0.25, -0.2) is 9.59 Å². The minimum atomic E-state index is -3.35. The van der Waals surface area contributed by atoms with Gasteiger partial charge in [0.25, 0.3) is 8.32 Å². The van der Waals surface area contributed by atoms with Crippen LogP contribution < -0.4 is 29.8 Å². The number of ether oxygens (including phenoxy) is 8. The largest absolute Gasteiger partial charge is 0.497 e. The normalized spacial score (nSPS) is 22.0. The number of hydrogen-bond acceptors (Lipinski definition) is 11. The van der Waals surface area contributed by atoms with Crippen molar-refractivity contribution in [1.82, 2.24) is 0 Å². The van der Waals surface area contributed by atoms with Crippen LogP contribution in [0.1, 0.15) is 123 Å². The summed E-state index contributed by atoms with van der Waals surface area (Å²) in [5, 5.41) is 3.26. The molecule has 11 nitrogen and oxygen atoms in total. The Morgan fingerprint density at radius 1 is 0.517 bits per heavy atom. The fourth-order valence-corrected chi connectivity index (χ4v) is 15.9. The monoisotopic (exact) mass is 1200 g/mol. The Morgan fingerprint density at radius 3 is 1.46 bits per heavy atom. The lowest BCUT2D eigenvalue weighted by Crippen LogP contribution is -2.70. The highest BCUT2D eigenvalue weighted by atomic mass is 28.4. The molecule has 0 bridgehead atoms. The number of rotatable bonds is 28. The van der Waals surface area contributed by atoms with Gasteiger partial charge in [0.15, 0.2) is 12.2 Å². The van der Waals surface area contributed by atoms with Crippen LogP contribution in [-0.2, 0) is 57.5 Å². The Hall–Kier alpha value is -7.06. The lowest BCUT2D eigenvalue weighted by molar-refractivity contribution is -0.199. The predicted octanol–water partition coefficient (Wildman–Crippen LogP) is 14.6. The van der Waals surface area contributed by atoms with Crippen molar-refractivity contribution in [2.45, 2.75) is 157 Å². The maximum Gasteiger partial charge on any atom is 0.338 e. The summed E-state index contributed by atoms with van der Waals surface area (Å²) in [5.74, 6) is 0.104. The molecule has 0 amide bonds. The van der Waals surface area contributed by atoms with E-state index in [4.69, 9.17) is 42.3 Å². The number of benzene rings is 6. The lowest BCUT2D eigenvalue weighted by Gasteiger charge is -2.39. The van der Waals surface area contributed by atoms with Crippen LogP contribution in [0, 0.1) is 17.8 Å². The number of esters is 2. The molecule has 6 aromatic rings. The van der Waals surface area contributed by atoms with Crippen molar-refractivity contribution in [3.8, 4) is 17.2 Å². The third-order valence-corrected chi connectivity index (χ3v) is 20.5. The zero-order valence-corrected chi connectivity index (χ0v) is 54.1. The summed E-state index contributed by atoms with van der Waals surface area (Å²) in [6.45, 7) is 14.6. The lowest BCUT2D eigenvalue weighted by atomic mass is 9.87. The van der Waals surface area contributed by atoms with Gasteiger partial charge in [0, 0.05) is 17.4 Å². The van der Waals surface area contributed by atoms with E-state index in [1.54, 1.807) is 28.3 Å². The van der Waals surface area contributed by atoms with Gasteiger partial charge in [-0.3, -0.25) is 0 Å². The van der Waals surface area contributed by atoms with Crippen LogP contribution in [0.4, 0.5) is 0 Å². The molecule has 0 radical (unpaired) electrons. The van der Waals surface area contributed by atoms with Crippen LogP contribution in [-0.4, -0.2) is 78.7 Å². The average molecular weight is 1200 g/mol. The molecule has 464 valence electrons. The Bertz CT molecular complexity index is 2980. The first kappa shape index (κ1) is 67.4. The highest BCUT2D eigenvalue weighted by Gasteiger charge is 2.46. The topological polar surface area (TPSA) is 117 Å². The van der Waals surface area contributed by atoms with Gasteiger partial charge in [-0.2, -0.15) is 0 Å². The highest BCUT2D eigenvalue weighted by Crippen LogP contribution is 2.31. The zero-order chi connectivity index (χ0) is 62.0. The van der Waals surface area contributed by atoms with E-state index < -0.39 is 50.8 Å². The Kier molecular flexibility index (Phi) is 27.2. The molecular weight excluding hydrogens is 1100 g/mol. The molecule has 1 heterocycles. The fraction of sp³-hybridized carbons (Fsp3) is 0.413. The first-order valence-electron chi connectivity index (χ1n) is 31.3. The molecule has 87 heavy (non-hydrogen) atoms. The summed E-state index contributed by atoms with van der Waals surface area (Å²) in [4.78, 5) is 31.1. The van der Waals surface area contributed by atoms with E-state index in [0.29, 0.717) is 22.8 Å². The van der Waals surface area contributed by atoms with Crippen molar-refractivity contribution >= 4 is 35.8 Å². The molecule has 7 rings (SSSR count). The molecule has 12 heteroatoms. The number of allylic oxidation sites excluding steroid dienone is 2. The van der Waals surface area contributed by atoms with Crippen molar-refractivity contribution in [2.75, 3.05) is 27.9 Å². The standard InChI is InChI=1S/C75H94O11Si/c1-11-12-13-14-15-16-17-21-28-55(3)70-56(4)47-54(2)48-57(5)71(86-87(66-29-22-18-23-30-66,67-31-24-19-25-32-67)68-33-26-20-27-34-68)58(6)49-59(7)74(76)84-69(53-81-50-60-35-41-63(78-8)42-36-60)72(82-51-61-37-43-64(79-9)44-38-61)73(75(77)85-70)83-52-62-39-45-65(80-10)46-40-62/h18-20,22-27,29-49,55-56,58,69-73H,11-17,21,28,50-53H2,1-10H3/b54-47+,57-48+,59-49+/t55-,56-,58+,69+,70+,71-,72+,73-/m0/s1. The van der Waals surface area contributed by atoms with Crippen LogP contribution in [0.15, 0.2) is 199 Å². The van der Waals surface area contributed by atoms with Crippen LogP contribution in [0.25, 0.3) is 0 Å². The van der Waals surface area contributed by atoms with Crippen molar-refractivity contribution < 1.29 is 51.9 Å². The van der Waals surface area contributed by atoms with E-state index in [1.807, 2.05) is 97.1 Å². The van der Waals surface area contributed by atoms with E-state index in [2.05, 4.69) is 126 Å². The molecule has 1 aliphatic rings. The molecule has 0 unspecified atom stereocenters. The smallest absolute Gasteiger partial charge is 0.338 e. The molecule has 0 fully saturated rings. The van der Waals surface area contributed by atoms with E-state index in [1.165, 1.54) is 32.1 Å². The Morgan fingerprint density at radius 2 is 0.977 bits per heavy atom. The Labute approximate surface area is 520 Å². The number of cyclic esters (lactones) is 2. The minimum Gasteiger partial charge on any atom is -0.497 e. The van der Waals surface area contributed by atoms with Gasteiger partial charge >= 0.3 is 11.9 Å². The van der Waals surface area contributed by atoms with Gasteiger partial charge < -0.3 is 42.3 Å². The zero-order valence-electron chi connectivity index (χ0n) is 53.1. The van der Waals surface area contributed by atoms with Crippen molar-refractivity contribution in [3.63, 3.8) is 0 Å². The van der Waals surface area contributed by atoms with Crippen molar-refractivity contribution in [2.24, 2.45) is 17.8 Å². The first-order valence-corrected chi connectivity index (χ1v) is 33.2. The van der Waals surface area contributed by atoms with Gasteiger partial charge in [0.05, 0.1) is 53.9 Å². The fourth-order valence-electron chi connectivity index (χ4n) is 11.7. The van der Waals surface area contributed by atoms with Gasteiger partial charge in [-0.05, 0) is 107 Å². The summed E-state index contributed by atoms with van der Waals surface area (Å²) in [7, 11) is 1.51. The van der Waals surface area contributed by atoms with Gasteiger partial charge in [-0.15, -0.1) is 0 Å². The Balaban J connectivity index is 1.39. The van der Waals surface area contributed by atoms with E-state index in [9.17, 15) is 0 Å². The van der Waals surface area contributed by atoms with Crippen molar-refractivity contribution in [1.29, 1.82) is 0 Å². The number of hydrogen-bond donors (Lipinski definition) is 0.